The molecule has 0 aliphatic rings. The van der Waals surface area contributed by atoms with Gasteiger partial charge < -0.3 is 10.1 Å². The summed E-state index contributed by atoms with van der Waals surface area (Å²) < 4.78 is 5.18. The van der Waals surface area contributed by atoms with Gasteiger partial charge >= 0.3 is 0 Å². The fourth-order valence-corrected chi connectivity index (χ4v) is 1.73. The molecule has 2 heterocycles. The van der Waals surface area contributed by atoms with E-state index in [9.17, 15) is 0 Å². The zero-order valence-corrected chi connectivity index (χ0v) is 9.71. The minimum absolute atomic E-state index is 0.574. The third-order valence-electron chi connectivity index (χ3n) is 2.61. The summed E-state index contributed by atoms with van der Waals surface area (Å²) in [4.78, 5) is 8.03. The van der Waals surface area contributed by atoms with Gasteiger partial charge in [0.25, 0.3) is 0 Å². The number of fused-ring (bicyclic) bond motifs is 1. The molecule has 0 aliphatic heterocycles. The molecule has 2 aromatic heterocycles. The normalized spacial score (nSPS) is 10.5. The molecule has 0 bridgehead atoms. The Morgan fingerprint density at radius 1 is 1.22 bits per heavy atom. The molecule has 18 heavy (non-hydrogen) atoms. The van der Waals surface area contributed by atoms with Crippen LogP contribution in [0.5, 0.6) is 5.75 Å². The van der Waals surface area contributed by atoms with Crippen LogP contribution in [0.25, 0.3) is 10.9 Å². The van der Waals surface area contributed by atoms with Gasteiger partial charge in [-0.2, -0.15) is 5.10 Å². The third-order valence-corrected chi connectivity index (χ3v) is 2.61. The predicted octanol–water partition coefficient (Wildman–Crippen LogP) is 2.11. The molecule has 6 nitrogen and oxygen atoms in total. The fraction of sp³-hybridized carbons (Fsp3) is 0.0833. The Labute approximate surface area is 103 Å². The van der Waals surface area contributed by atoms with E-state index < -0.39 is 0 Å². The Bertz CT molecular complexity index is 679. The number of para-hydroxylation sites is 1. The van der Waals surface area contributed by atoms with Crippen molar-refractivity contribution in [3.63, 3.8) is 0 Å². The number of rotatable bonds is 3. The van der Waals surface area contributed by atoms with Crippen LogP contribution in [0, 0.1) is 0 Å². The molecule has 3 aromatic rings. The number of anilines is 2. The van der Waals surface area contributed by atoms with Gasteiger partial charge in [0.1, 0.15) is 6.33 Å². The second-order valence-corrected chi connectivity index (χ2v) is 3.68. The summed E-state index contributed by atoms with van der Waals surface area (Å²) in [5.41, 5.74) is 0.966. The summed E-state index contributed by atoms with van der Waals surface area (Å²) in [6.45, 7) is 0. The van der Waals surface area contributed by atoms with Gasteiger partial charge in [0, 0.05) is 5.39 Å². The van der Waals surface area contributed by atoms with Crippen molar-refractivity contribution in [2.75, 3.05) is 12.4 Å². The van der Waals surface area contributed by atoms with Gasteiger partial charge in [0.15, 0.2) is 17.4 Å². The zero-order chi connectivity index (χ0) is 12.4. The average Bonchev–Trinajstić information content (AvgIpc) is 2.83. The van der Waals surface area contributed by atoms with E-state index in [4.69, 9.17) is 4.74 Å². The lowest BCUT2D eigenvalue weighted by Gasteiger charge is -2.06. The van der Waals surface area contributed by atoms with Crippen molar-refractivity contribution >= 4 is 22.5 Å². The van der Waals surface area contributed by atoms with E-state index >= 15 is 0 Å². The number of methoxy groups -OCH3 is 1. The first-order chi connectivity index (χ1) is 8.88. The van der Waals surface area contributed by atoms with Crippen LogP contribution in [0.4, 0.5) is 11.6 Å². The quantitative estimate of drug-likeness (QED) is 0.734. The van der Waals surface area contributed by atoms with Crippen molar-refractivity contribution in [3.8, 4) is 5.75 Å². The van der Waals surface area contributed by atoms with Gasteiger partial charge in [-0.15, -0.1) is 0 Å². The number of ether oxygens (including phenoxy) is 1. The molecule has 3 rings (SSSR count). The van der Waals surface area contributed by atoms with Crippen molar-refractivity contribution in [2.45, 2.75) is 0 Å². The molecule has 0 radical (unpaired) electrons. The van der Waals surface area contributed by atoms with Gasteiger partial charge in [-0.1, -0.05) is 12.1 Å². The highest BCUT2D eigenvalue weighted by Crippen LogP contribution is 2.26. The number of nitrogens with one attached hydrogen (secondary N) is 2. The minimum atomic E-state index is 0.574. The maximum Gasteiger partial charge on any atom is 0.179 e. The van der Waals surface area contributed by atoms with E-state index in [1.165, 1.54) is 6.33 Å². The lowest BCUT2D eigenvalue weighted by molar-refractivity contribution is 0.413. The van der Waals surface area contributed by atoms with Crippen LogP contribution in [0.3, 0.4) is 0 Å². The maximum atomic E-state index is 5.18. The molecule has 90 valence electrons. The highest BCUT2D eigenvalue weighted by atomic mass is 16.5. The average molecular weight is 241 g/mol. The lowest BCUT2D eigenvalue weighted by atomic mass is 10.2. The lowest BCUT2D eigenvalue weighted by Crippen LogP contribution is -1.98. The molecule has 0 spiro atoms. The first-order valence-corrected chi connectivity index (χ1v) is 5.42. The Morgan fingerprint density at radius 3 is 3.00 bits per heavy atom. The van der Waals surface area contributed by atoms with Gasteiger partial charge in [0.2, 0.25) is 0 Å². The molecule has 0 amide bonds. The van der Waals surface area contributed by atoms with Crippen molar-refractivity contribution in [1.82, 2.24) is 20.2 Å². The first-order valence-electron chi connectivity index (χ1n) is 5.42. The molecular weight excluding hydrogens is 230 g/mol. The van der Waals surface area contributed by atoms with Crippen molar-refractivity contribution in [3.05, 3.63) is 36.8 Å². The van der Waals surface area contributed by atoms with Crippen LogP contribution in [-0.2, 0) is 0 Å². The van der Waals surface area contributed by atoms with E-state index in [2.05, 4.69) is 25.5 Å². The predicted molar refractivity (Wildman–Crippen MR) is 68.0 cm³/mol. The SMILES string of the molecule is COc1cncnc1Nc1n[nH]c2ccccc12. The van der Waals surface area contributed by atoms with Crippen LogP contribution in [-0.4, -0.2) is 27.3 Å². The van der Waals surface area contributed by atoms with E-state index in [0.29, 0.717) is 17.4 Å². The van der Waals surface area contributed by atoms with E-state index in [-0.39, 0.29) is 0 Å². The smallest absolute Gasteiger partial charge is 0.179 e. The molecule has 0 saturated carbocycles. The number of hydrogen-bond acceptors (Lipinski definition) is 5. The topological polar surface area (TPSA) is 75.7 Å². The van der Waals surface area contributed by atoms with E-state index in [1.807, 2.05) is 24.3 Å². The van der Waals surface area contributed by atoms with E-state index in [0.717, 1.165) is 10.9 Å². The highest BCUT2D eigenvalue weighted by Gasteiger charge is 2.09. The molecule has 0 atom stereocenters. The summed E-state index contributed by atoms with van der Waals surface area (Å²) in [7, 11) is 1.58. The van der Waals surface area contributed by atoms with Crippen LogP contribution >= 0.6 is 0 Å². The molecule has 1 aromatic carbocycles. The number of nitrogens with zero attached hydrogens (tertiary/aromatic N) is 3. The molecular formula is C12H11N5O. The third kappa shape index (κ3) is 1.73. The van der Waals surface area contributed by atoms with Crippen molar-refractivity contribution in [1.29, 1.82) is 0 Å². The van der Waals surface area contributed by atoms with E-state index in [1.54, 1.807) is 13.3 Å². The molecule has 6 heteroatoms. The van der Waals surface area contributed by atoms with Crippen LogP contribution < -0.4 is 10.1 Å². The van der Waals surface area contributed by atoms with Crippen LogP contribution in [0.1, 0.15) is 0 Å². The summed E-state index contributed by atoms with van der Waals surface area (Å²) >= 11 is 0. The number of aromatic amines is 1. The summed E-state index contributed by atoms with van der Waals surface area (Å²) in [5.74, 6) is 1.87. The monoisotopic (exact) mass is 241 g/mol. The Hall–Kier alpha value is -2.63. The molecule has 2 N–H and O–H groups in total. The van der Waals surface area contributed by atoms with Gasteiger partial charge in [-0.3, -0.25) is 5.10 Å². The van der Waals surface area contributed by atoms with Crippen LogP contribution in [0.15, 0.2) is 36.8 Å². The van der Waals surface area contributed by atoms with Gasteiger partial charge in [-0.25, -0.2) is 9.97 Å². The Balaban J connectivity index is 2.01. The van der Waals surface area contributed by atoms with Crippen molar-refractivity contribution in [2.24, 2.45) is 0 Å². The summed E-state index contributed by atoms with van der Waals surface area (Å²) in [5, 5.41) is 11.3. The first kappa shape index (κ1) is 10.5. The van der Waals surface area contributed by atoms with Gasteiger partial charge in [0.05, 0.1) is 18.8 Å². The number of H-pyrrole nitrogens is 1. The minimum Gasteiger partial charge on any atom is -0.491 e. The molecule has 0 fully saturated rings. The number of hydrogen-bond donors (Lipinski definition) is 2. The second kappa shape index (κ2) is 4.33. The Kier molecular flexibility index (Phi) is 2.53. The molecule has 0 saturated heterocycles. The number of benzene rings is 1. The molecule has 0 aliphatic carbocycles. The summed E-state index contributed by atoms with van der Waals surface area (Å²) in [6.07, 6.45) is 3.06. The number of aromatic nitrogens is 4. The maximum absolute atomic E-state index is 5.18. The largest absolute Gasteiger partial charge is 0.491 e. The Morgan fingerprint density at radius 2 is 2.11 bits per heavy atom. The second-order valence-electron chi connectivity index (χ2n) is 3.68. The zero-order valence-electron chi connectivity index (χ0n) is 9.71. The highest BCUT2D eigenvalue weighted by molar-refractivity contribution is 5.91. The van der Waals surface area contributed by atoms with Gasteiger partial charge in [-0.05, 0) is 12.1 Å². The van der Waals surface area contributed by atoms with Crippen molar-refractivity contribution < 1.29 is 4.74 Å². The van der Waals surface area contributed by atoms with Crippen LogP contribution in [0.2, 0.25) is 0 Å². The summed E-state index contributed by atoms with van der Waals surface area (Å²) in [6, 6.07) is 7.86. The molecule has 0 unspecified atom stereocenters. The fourth-order valence-electron chi connectivity index (χ4n) is 1.73. The standard InChI is InChI=1S/C12H11N5O/c1-18-10-6-13-7-14-12(10)15-11-8-4-2-3-5-9(8)16-17-11/h2-7H,1H3,(H2,13,14,15,16,17).